The zero-order valence-electron chi connectivity index (χ0n) is 8.58. The Morgan fingerprint density at radius 2 is 2.08 bits per heavy atom. The summed E-state index contributed by atoms with van der Waals surface area (Å²) in [7, 11) is 0. The third-order valence-corrected chi connectivity index (χ3v) is 2.74. The third kappa shape index (κ3) is 2.33. The normalized spacial score (nSPS) is 28.8. The van der Waals surface area contributed by atoms with Crippen molar-refractivity contribution in [2.24, 2.45) is 17.3 Å². The number of hydrogen-bond acceptors (Lipinski definition) is 1. The molecule has 1 aliphatic carbocycles. The van der Waals surface area contributed by atoms with Crippen LogP contribution in [0.4, 0.5) is 0 Å². The van der Waals surface area contributed by atoms with Crippen LogP contribution >= 0.6 is 0 Å². The standard InChI is InChI=1S/C11H18O2/c1-11(2,3)9-7-5-4-6-8(9)10(12)13/h5,7-9H,4,6H2,1-3H3,(H,12,13)/t8-,9+/m0/s1. The molecule has 1 rings (SSSR count). The molecule has 2 nitrogen and oxygen atoms in total. The summed E-state index contributed by atoms with van der Waals surface area (Å²) in [5.74, 6) is -0.659. The van der Waals surface area contributed by atoms with Crippen LogP contribution in [-0.4, -0.2) is 11.1 Å². The Bertz CT molecular complexity index is 223. The Hall–Kier alpha value is -0.790. The molecular formula is C11H18O2. The zero-order valence-corrected chi connectivity index (χ0v) is 8.58. The Balaban J connectivity index is 2.84. The molecule has 0 radical (unpaired) electrons. The molecule has 0 aromatic heterocycles. The van der Waals surface area contributed by atoms with E-state index < -0.39 is 5.97 Å². The van der Waals surface area contributed by atoms with E-state index in [4.69, 9.17) is 5.11 Å². The molecule has 0 amide bonds. The molecule has 0 aromatic carbocycles. The van der Waals surface area contributed by atoms with Gasteiger partial charge in [0, 0.05) is 0 Å². The van der Waals surface area contributed by atoms with Crippen molar-refractivity contribution in [1.82, 2.24) is 0 Å². The van der Waals surface area contributed by atoms with Crippen LogP contribution in [0.2, 0.25) is 0 Å². The highest BCUT2D eigenvalue weighted by atomic mass is 16.4. The van der Waals surface area contributed by atoms with Crippen LogP contribution < -0.4 is 0 Å². The van der Waals surface area contributed by atoms with Gasteiger partial charge in [-0.15, -0.1) is 0 Å². The molecule has 1 N–H and O–H groups in total. The second-order valence-electron chi connectivity index (χ2n) is 4.84. The minimum Gasteiger partial charge on any atom is -0.481 e. The SMILES string of the molecule is CC(C)(C)[C@@H]1C=CCC[C@@H]1C(=O)O. The van der Waals surface area contributed by atoms with Crippen molar-refractivity contribution in [3.63, 3.8) is 0 Å². The van der Waals surface area contributed by atoms with Crippen LogP contribution in [0.1, 0.15) is 33.6 Å². The fraction of sp³-hybridized carbons (Fsp3) is 0.727. The molecular weight excluding hydrogens is 164 g/mol. The van der Waals surface area contributed by atoms with Gasteiger partial charge in [0.05, 0.1) is 5.92 Å². The summed E-state index contributed by atoms with van der Waals surface area (Å²) in [6.45, 7) is 6.30. The topological polar surface area (TPSA) is 37.3 Å². The first-order valence-corrected chi connectivity index (χ1v) is 4.82. The molecule has 2 atom stereocenters. The summed E-state index contributed by atoms with van der Waals surface area (Å²) in [6, 6.07) is 0. The van der Waals surface area contributed by atoms with Gasteiger partial charge in [-0.1, -0.05) is 32.9 Å². The largest absolute Gasteiger partial charge is 0.481 e. The van der Waals surface area contributed by atoms with Crippen LogP contribution in [0, 0.1) is 17.3 Å². The molecule has 0 fully saturated rings. The number of rotatable bonds is 1. The summed E-state index contributed by atoms with van der Waals surface area (Å²) in [6.07, 6.45) is 5.87. The number of hydrogen-bond donors (Lipinski definition) is 1. The van der Waals surface area contributed by atoms with Gasteiger partial charge in [-0.2, -0.15) is 0 Å². The third-order valence-electron chi connectivity index (χ3n) is 2.74. The van der Waals surface area contributed by atoms with Crippen LogP contribution in [0.3, 0.4) is 0 Å². The van der Waals surface area contributed by atoms with E-state index in [1.165, 1.54) is 0 Å². The first-order chi connectivity index (χ1) is 5.93. The van der Waals surface area contributed by atoms with Gasteiger partial charge in [-0.05, 0) is 24.2 Å². The lowest BCUT2D eigenvalue weighted by atomic mass is 9.69. The number of carboxylic acid groups (broad SMARTS) is 1. The van der Waals surface area contributed by atoms with Crippen LogP contribution in [0.15, 0.2) is 12.2 Å². The van der Waals surface area contributed by atoms with E-state index in [1.54, 1.807) is 0 Å². The van der Waals surface area contributed by atoms with Crippen molar-refractivity contribution in [2.75, 3.05) is 0 Å². The fourth-order valence-electron chi connectivity index (χ4n) is 2.00. The second kappa shape index (κ2) is 3.52. The lowest BCUT2D eigenvalue weighted by Gasteiger charge is -2.35. The highest BCUT2D eigenvalue weighted by Gasteiger charge is 2.35. The first-order valence-electron chi connectivity index (χ1n) is 4.82. The van der Waals surface area contributed by atoms with Gasteiger partial charge in [-0.25, -0.2) is 0 Å². The van der Waals surface area contributed by atoms with E-state index in [-0.39, 0.29) is 17.3 Å². The van der Waals surface area contributed by atoms with Gasteiger partial charge in [0.2, 0.25) is 0 Å². The molecule has 74 valence electrons. The monoisotopic (exact) mass is 182 g/mol. The number of allylic oxidation sites excluding steroid dienone is 2. The average molecular weight is 182 g/mol. The first kappa shape index (κ1) is 10.3. The van der Waals surface area contributed by atoms with Gasteiger partial charge in [0.15, 0.2) is 0 Å². The number of carboxylic acids is 1. The summed E-state index contributed by atoms with van der Waals surface area (Å²) in [5.41, 5.74) is 0.0555. The van der Waals surface area contributed by atoms with E-state index in [9.17, 15) is 4.79 Å². The van der Waals surface area contributed by atoms with Gasteiger partial charge < -0.3 is 5.11 Å². The van der Waals surface area contributed by atoms with Crippen LogP contribution in [0.25, 0.3) is 0 Å². The van der Waals surface area contributed by atoms with Crippen molar-refractivity contribution < 1.29 is 9.90 Å². The van der Waals surface area contributed by atoms with Gasteiger partial charge in [0.1, 0.15) is 0 Å². The quantitative estimate of drug-likeness (QED) is 0.633. The van der Waals surface area contributed by atoms with E-state index >= 15 is 0 Å². The lowest BCUT2D eigenvalue weighted by molar-refractivity contribution is -0.144. The van der Waals surface area contributed by atoms with Crippen molar-refractivity contribution >= 4 is 5.97 Å². The highest BCUT2D eigenvalue weighted by molar-refractivity contribution is 5.71. The van der Waals surface area contributed by atoms with Gasteiger partial charge in [-0.3, -0.25) is 4.79 Å². The molecule has 0 bridgehead atoms. The smallest absolute Gasteiger partial charge is 0.307 e. The van der Waals surface area contributed by atoms with E-state index in [2.05, 4.69) is 32.9 Å². The van der Waals surface area contributed by atoms with E-state index in [0.717, 1.165) is 12.8 Å². The maximum absolute atomic E-state index is 11.0. The summed E-state index contributed by atoms with van der Waals surface area (Å²) in [5, 5.41) is 9.04. The summed E-state index contributed by atoms with van der Waals surface area (Å²) >= 11 is 0. The summed E-state index contributed by atoms with van der Waals surface area (Å²) in [4.78, 5) is 11.0. The highest BCUT2D eigenvalue weighted by Crippen LogP contribution is 2.38. The maximum atomic E-state index is 11.0. The van der Waals surface area contributed by atoms with Gasteiger partial charge in [0.25, 0.3) is 0 Å². The molecule has 0 unspecified atom stereocenters. The molecule has 0 saturated heterocycles. The maximum Gasteiger partial charge on any atom is 0.307 e. The van der Waals surface area contributed by atoms with E-state index in [1.807, 2.05) is 0 Å². The summed E-state index contributed by atoms with van der Waals surface area (Å²) < 4.78 is 0. The Kier molecular flexibility index (Phi) is 2.79. The minimum absolute atomic E-state index is 0.0555. The molecule has 0 aromatic rings. The molecule has 13 heavy (non-hydrogen) atoms. The number of carbonyl (C=O) groups is 1. The fourth-order valence-corrected chi connectivity index (χ4v) is 2.00. The molecule has 0 aliphatic heterocycles. The number of aliphatic carboxylic acids is 1. The van der Waals surface area contributed by atoms with Crippen molar-refractivity contribution in [3.05, 3.63) is 12.2 Å². The predicted molar refractivity (Wildman–Crippen MR) is 52.4 cm³/mol. The van der Waals surface area contributed by atoms with Crippen LogP contribution in [0.5, 0.6) is 0 Å². The Labute approximate surface area is 79.6 Å². The Morgan fingerprint density at radius 3 is 2.46 bits per heavy atom. The van der Waals surface area contributed by atoms with Crippen molar-refractivity contribution in [3.8, 4) is 0 Å². The molecule has 0 spiro atoms. The molecule has 1 aliphatic rings. The predicted octanol–water partition coefficient (Wildman–Crippen LogP) is 2.70. The van der Waals surface area contributed by atoms with Crippen molar-refractivity contribution in [2.45, 2.75) is 33.6 Å². The zero-order chi connectivity index (χ0) is 10.1. The lowest BCUT2D eigenvalue weighted by Crippen LogP contribution is -2.33. The van der Waals surface area contributed by atoms with Crippen LogP contribution in [-0.2, 0) is 4.79 Å². The van der Waals surface area contributed by atoms with Crippen molar-refractivity contribution in [1.29, 1.82) is 0 Å². The second-order valence-corrected chi connectivity index (χ2v) is 4.84. The molecule has 2 heteroatoms. The van der Waals surface area contributed by atoms with Gasteiger partial charge >= 0.3 is 5.97 Å². The minimum atomic E-state index is -0.649. The molecule has 0 saturated carbocycles. The van der Waals surface area contributed by atoms with E-state index in [0.29, 0.717) is 0 Å². The Morgan fingerprint density at radius 1 is 1.46 bits per heavy atom. The molecule has 0 heterocycles. The average Bonchev–Trinajstić information content (AvgIpc) is 2.03.